The molecule has 19 heavy (non-hydrogen) atoms. The van der Waals surface area contributed by atoms with E-state index in [2.05, 4.69) is 21.2 Å². The molecule has 1 aromatic rings. The maximum atomic E-state index is 12.1. The fraction of sp³-hybridized carbons (Fsp3) is 0.500. The van der Waals surface area contributed by atoms with Crippen LogP contribution in [0.25, 0.3) is 0 Å². The van der Waals surface area contributed by atoms with Crippen molar-refractivity contribution < 1.29 is 9.90 Å². The van der Waals surface area contributed by atoms with Gasteiger partial charge in [0.1, 0.15) is 0 Å². The van der Waals surface area contributed by atoms with Gasteiger partial charge < -0.3 is 10.4 Å². The average Bonchev–Trinajstić information content (AvgIpc) is 2.83. The van der Waals surface area contributed by atoms with Gasteiger partial charge in [-0.1, -0.05) is 28.1 Å². The van der Waals surface area contributed by atoms with E-state index in [4.69, 9.17) is 0 Å². The summed E-state index contributed by atoms with van der Waals surface area (Å²) in [6.07, 6.45) is 0.755. The molecule has 2 atom stereocenters. The van der Waals surface area contributed by atoms with Crippen LogP contribution in [0.5, 0.6) is 0 Å². The molecule has 104 valence electrons. The molecule has 0 radical (unpaired) electrons. The lowest BCUT2D eigenvalue weighted by Gasteiger charge is -2.23. The number of carbonyl (C=O) groups excluding carboxylic acids is 1. The highest BCUT2D eigenvalue weighted by Gasteiger charge is 2.32. The van der Waals surface area contributed by atoms with E-state index in [1.807, 2.05) is 31.2 Å². The Morgan fingerprint density at radius 1 is 1.53 bits per heavy atom. The lowest BCUT2D eigenvalue weighted by Crippen LogP contribution is -2.44. The van der Waals surface area contributed by atoms with Crippen molar-refractivity contribution in [3.8, 4) is 0 Å². The Hall–Kier alpha value is -0.520. The van der Waals surface area contributed by atoms with Gasteiger partial charge in [0, 0.05) is 16.8 Å². The summed E-state index contributed by atoms with van der Waals surface area (Å²) in [5, 5.41) is 13.1. The largest absolute Gasteiger partial charge is 0.387 e. The summed E-state index contributed by atoms with van der Waals surface area (Å²) in [5.74, 6) is 1.44. The maximum Gasteiger partial charge on any atom is 0.227 e. The highest BCUT2D eigenvalue weighted by molar-refractivity contribution is 9.10. The van der Waals surface area contributed by atoms with Gasteiger partial charge in [0.05, 0.1) is 11.5 Å². The molecule has 0 bridgehead atoms. The highest BCUT2D eigenvalue weighted by Crippen LogP contribution is 2.27. The molecule has 2 N–H and O–H groups in total. The van der Waals surface area contributed by atoms with Crippen LogP contribution in [0.15, 0.2) is 28.7 Å². The molecule has 1 aliphatic rings. The maximum absolute atomic E-state index is 12.1. The van der Waals surface area contributed by atoms with Gasteiger partial charge in [-0.25, -0.2) is 0 Å². The zero-order valence-corrected chi connectivity index (χ0v) is 13.3. The predicted molar refractivity (Wildman–Crippen MR) is 82.5 cm³/mol. The number of aliphatic hydroxyl groups is 1. The monoisotopic (exact) mass is 343 g/mol. The number of nitrogens with one attached hydrogen (secondary N) is 1. The van der Waals surface area contributed by atoms with Gasteiger partial charge in [0.25, 0.3) is 0 Å². The molecule has 1 aromatic carbocycles. The third-order valence-electron chi connectivity index (χ3n) is 3.44. The van der Waals surface area contributed by atoms with Crippen LogP contribution in [0.1, 0.15) is 24.8 Å². The van der Waals surface area contributed by atoms with E-state index in [0.29, 0.717) is 12.3 Å². The standard InChI is InChI=1S/C14H18BrNO2S/c1-10(11-2-4-12(15)5-3-11)13(17)16-8-14(18)6-7-19-9-14/h2-5,10,18H,6-9H2,1H3,(H,16,17). The van der Waals surface area contributed by atoms with E-state index in [0.717, 1.165) is 22.2 Å². The number of hydrogen-bond donors (Lipinski definition) is 2. The Balaban J connectivity index is 1.90. The lowest BCUT2D eigenvalue weighted by molar-refractivity contribution is -0.123. The number of hydrogen-bond acceptors (Lipinski definition) is 3. The molecule has 1 heterocycles. The van der Waals surface area contributed by atoms with Crippen molar-refractivity contribution in [1.29, 1.82) is 0 Å². The molecule has 1 fully saturated rings. The third-order valence-corrected chi connectivity index (χ3v) is 5.20. The van der Waals surface area contributed by atoms with Gasteiger partial charge in [0.15, 0.2) is 0 Å². The fourth-order valence-corrected chi connectivity index (χ4v) is 3.60. The Bertz CT molecular complexity index is 443. The second-order valence-electron chi connectivity index (χ2n) is 5.02. The van der Waals surface area contributed by atoms with Gasteiger partial charge in [-0.05, 0) is 36.8 Å². The highest BCUT2D eigenvalue weighted by atomic mass is 79.9. The minimum Gasteiger partial charge on any atom is -0.387 e. The molecular formula is C14H18BrNO2S. The first-order chi connectivity index (χ1) is 9.00. The molecular weight excluding hydrogens is 326 g/mol. The molecule has 1 saturated heterocycles. The summed E-state index contributed by atoms with van der Waals surface area (Å²) in [7, 11) is 0. The first-order valence-electron chi connectivity index (χ1n) is 6.33. The number of amides is 1. The van der Waals surface area contributed by atoms with E-state index >= 15 is 0 Å². The van der Waals surface area contributed by atoms with E-state index in [9.17, 15) is 9.90 Å². The molecule has 3 nitrogen and oxygen atoms in total. The zero-order chi connectivity index (χ0) is 13.9. The van der Waals surface area contributed by atoms with Crippen LogP contribution < -0.4 is 5.32 Å². The lowest BCUT2D eigenvalue weighted by atomic mass is 9.99. The van der Waals surface area contributed by atoms with Crippen LogP contribution >= 0.6 is 27.7 Å². The summed E-state index contributed by atoms with van der Waals surface area (Å²) in [5.41, 5.74) is 0.258. The SMILES string of the molecule is CC(C(=O)NCC1(O)CCSC1)c1ccc(Br)cc1. The summed E-state index contributed by atoms with van der Waals surface area (Å²) in [6.45, 7) is 2.23. The topological polar surface area (TPSA) is 49.3 Å². The minimum atomic E-state index is -0.722. The van der Waals surface area contributed by atoms with Crippen molar-refractivity contribution in [2.75, 3.05) is 18.1 Å². The molecule has 2 rings (SSSR count). The van der Waals surface area contributed by atoms with Crippen molar-refractivity contribution in [1.82, 2.24) is 5.32 Å². The van der Waals surface area contributed by atoms with Crippen LogP contribution in [-0.4, -0.2) is 34.7 Å². The fourth-order valence-electron chi connectivity index (χ4n) is 2.04. The summed E-state index contributed by atoms with van der Waals surface area (Å²) < 4.78 is 1.00. The molecule has 1 amide bonds. The van der Waals surface area contributed by atoms with E-state index < -0.39 is 5.60 Å². The number of carbonyl (C=O) groups is 1. The Labute approximate surface area is 126 Å². The molecule has 0 aliphatic carbocycles. The van der Waals surface area contributed by atoms with Crippen LogP contribution in [0.2, 0.25) is 0 Å². The summed E-state index contributed by atoms with van der Waals surface area (Å²) >= 11 is 5.11. The number of thioether (sulfide) groups is 1. The van der Waals surface area contributed by atoms with E-state index in [1.165, 1.54) is 0 Å². The van der Waals surface area contributed by atoms with E-state index in [1.54, 1.807) is 11.8 Å². The Kier molecular flexibility index (Phi) is 4.92. The van der Waals surface area contributed by atoms with Crippen molar-refractivity contribution in [2.24, 2.45) is 0 Å². The Morgan fingerprint density at radius 2 is 2.21 bits per heavy atom. The first kappa shape index (κ1) is 14.9. The molecule has 2 unspecified atom stereocenters. The second-order valence-corrected chi connectivity index (χ2v) is 7.04. The molecule has 5 heteroatoms. The number of halogens is 1. The quantitative estimate of drug-likeness (QED) is 0.883. The molecule has 1 aliphatic heterocycles. The van der Waals surface area contributed by atoms with Crippen LogP contribution in [0, 0.1) is 0 Å². The average molecular weight is 344 g/mol. The minimum absolute atomic E-state index is 0.0346. The van der Waals surface area contributed by atoms with E-state index in [-0.39, 0.29) is 11.8 Å². The second kappa shape index (κ2) is 6.29. The summed E-state index contributed by atoms with van der Waals surface area (Å²) in [6, 6.07) is 7.74. The predicted octanol–water partition coefficient (Wildman–Crippen LogP) is 2.54. The molecule has 0 spiro atoms. The zero-order valence-electron chi connectivity index (χ0n) is 10.9. The number of rotatable bonds is 4. The van der Waals surface area contributed by atoms with Gasteiger partial charge in [-0.15, -0.1) is 0 Å². The number of benzene rings is 1. The van der Waals surface area contributed by atoms with Gasteiger partial charge in [-0.2, -0.15) is 11.8 Å². The van der Waals surface area contributed by atoms with Crippen LogP contribution in [-0.2, 0) is 4.79 Å². The van der Waals surface area contributed by atoms with Gasteiger partial charge >= 0.3 is 0 Å². The van der Waals surface area contributed by atoms with Gasteiger partial charge in [-0.3, -0.25) is 4.79 Å². The van der Waals surface area contributed by atoms with Crippen molar-refractivity contribution in [3.05, 3.63) is 34.3 Å². The smallest absolute Gasteiger partial charge is 0.227 e. The summed E-state index contributed by atoms with van der Waals surface area (Å²) in [4.78, 5) is 12.1. The van der Waals surface area contributed by atoms with Crippen molar-refractivity contribution in [2.45, 2.75) is 24.9 Å². The molecule has 0 saturated carbocycles. The van der Waals surface area contributed by atoms with Gasteiger partial charge in [0.2, 0.25) is 5.91 Å². The van der Waals surface area contributed by atoms with Crippen LogP contribution in [0.4, 0.5) is 0 Å². The van der Waals surface area contributed by atoms with Crippen molar-refractivity contribution >= 4 is 33.6 Å². The van der Waals surface area contributed by atoms with Crippen LogP contribution in [0.3, 0.4) is 0 Å². The molecule has 0 aromatic heterocycles. The normalized spacial score (nSPS) is 24.2. The first-order valence-corrected chi connectivity index (χ1v) is 8.28. The van der Waals surface area contributed by atoms with Crippen molar-refractivity contribution in [3.63, 3.8) is 0 Å². The Morgan fingerprint density at radius 3 is 2.79 bits per heavy atom. The third kappa shape index (κ3) is 3.97.